The van der Waals surface area contributed by atoms with E-state index in [1.807, 2.05) is 12.1 Å². The number of benzene rings is 3. The standard InChI is InChI=1S/C37H42N2O8/c1-37-18-23-19-38-28(36(39(23)37)26-16-33(45-6)34(46-7)17-27(26)37)12-22-13-31(43-4)32(44-5)15-25(22)29(38)20-47-35(40)11-9-21-8-10-24(41-2)14-30(21)42-3/h8-11,13-17,23,28-29,36H,12,18-20H2,1-7H3. The first-order chi connectivity index (χ1) is 22.8. The Morgan fingerprint density at radius 3 is 2.17 bits per heavy atom. The normalized spacial score (nSPS) is 25.5. The fourth-order valence-electron chi connectivity index (χ4n) is 8.52. The molecule has 4 heterocycles. The molecule has 0 aromatic heterocycles. The summed E-state index contributed by atoms with van der Waals surface area (Å²) in [5, 5.41) is 0. The molecule has 3 aromatic carbocycles. The molecule has 10 nitrogen and oxygen atoms in total. The number of rotatable bonds is 10. The molecule has 0 saturated carbocycles. The number of ether oxygens (including phenoxy) is 7. The lowest BCUT2D eigenvalue weighted by atomic mass is 9.74. The van der Waals surface area contributed by atoms with Crippen LogP contribution in [0.4, 0.5) is 0 Å². The molecule has 2 fully saturated rings. The zero-order valence-corrected chi connectivity index (χ0v) is 28.0. The van der Waals surface area contributed by atoms with Gasteiger partial charge in [-0.1, -0.05) is 0 Å². The van der Waals surface area contributed by atoms with Crippen LogP contribution >= 0.6 is 0 Å². The highest BCUT2D eigenvalue weighted by molar-refractivity contribution is 5.87. The second kappa shape index (κ2) is 12.0. The van der Waals surface area contributed by atoms with Crippen molar-refractivity contribution in [2.45, 2.75) is 49.5 Å². The van der Waals surface area contributed by atoms with Gasteiger partial charge in [-0.15, -0.1) is 0 Å². The summed E-state index contributed by atoms with van der Waals surface area (Å²) in [6.45, 7) is 3.41. The van der Waals surface area contributed by atoms with E-state index in [0.717, 1.165) is 47.6 Å². The van der Waals surface area contributed by atoms with Crippen LogP contribution in [0.3, 0.4) is 0 Å². The molecule has 248 valence electrons. The summed E-state index contributed by atoms with van der Waals surface area (Å²) in [6.07, 6.45) is 5.00. The predicted molar refractivity (Wildman–Crippen MR) is 176 cm³/mol. The third-order valence-corrected chi connectivity index (χ3v) is 10.6. The van der Waals surface area contributed by atoms with Gasteiger partial charge in [0.05, 0.1) is 54.7 Å². The maximum Gasteiger partial charge on any atom is 0.330 e. The van der Waals surface area contributed by atoms with Gasteiger partial charge < -0.3 is 33.2 Å². The van der Waals surface area contributed by atoms with Crippen molar-refractivity contribution in [3.63, 3.8) is 0 Å². The lowest BCUT2D eigenvalue weighted by molar-refractivity contribution is -0.169. The molecule has 4 aliphatic heterocycles. The molecule has 0 spiro atoms. The van der Waals surface area contributed by atoms with E-state index < -0.39 is 5.97 Å². The van der Waals surface area contributed by atoms with E-state index in [-0.39, 0.29) is 30.3 Å². The van der Waals surface area contributed by atoms with E-state index in [4.69, 9.17) is 33.2 Å². The van der Waals surface area contributed by atoms with Gasteiger partial charge in [-0.25, -0.2) is 4.79 Å². The minimum Gasteiger partial charge on any atom is -0.497 e. The van der Waals surface area contributed by atoms with Gasteiger partial charge in [0.1, 0.15) is 18.1 Å². The molecule has 10 heteroatoms. The number of fused-ring (bicyclic) bond motifs is 6. The number of piperazine rings is 1. The Labute approximate surface area is 275 Å². The quantitative estimate of drug-likeness (QED) is 0.214. The Balaban J connectivity index is 1.23. The van der Waals surface area contributed by atoms with Crippen LogP contribution in [0.5, 0.6) is 34.5 Å². The first-order valence-corrected chi connectivity index (χ1v) is 15.9. The first kappa shape index (κ1) is 31.2. The minimum atomic E-state index is -0.426. The molecule has 3 aromatic rings. The Hall–Kier alpha value is -4.41. The molecule has 47 heavy (non-hydrogen) atoms. The van der Waals surface area contributed by atoms with Crippen LogP contribution in [-0.4, -0.2) is 83.7 Å². The van der Waals surface area contributed by atoms with Gasteiger partial charge in [-0.3, -0.25) is 9.80 Å². The summed E-state index contributed by atoms with van der Waals surface area (Å²) >= 11 is 0. The van der Waals surface area contributed by atoms with E-state index >= 15 is 0 Å². The monoisotopic (exact) mass is 642 g/mol. The molecule has 0 amide bonds. The molecule has 0 aliphatic carbocycles. The highest BCUT2D eigenvalue weighted by Crippen LogP contribution is 2.63. The summed E-state index contributed by atoms with van der Waals surface area (Å²) in [7, 11) is 9.87. The van der Waals surface area contributed by atoms with E-state index in [1.165, 1.54) is 17.2 Å². The zero-order valence-electron chi connectivity index (χ0n) is 28.0. The van der Waals surface area contributed by atoms with Crippen LogP contribution in [-0.2, 0) is 21.5 Å². The van der Waals surface area contributed by atoms with E-state index in [2.05, 4.69) is 41.0 Å². The number of esters is 1. The number of carbonyl (C=O) groups is 1. The summed E-state index contributed by atoms with van der Waals surface area (Å²) < 4.78 is 39.8. The molecule has 0 radical (unpaired) electrons. The Kier molecular flexibility index (Phi) is 7.96. The average Bonchev–Trinajstić information content (AvgIpc) is 3.31. The lowest BCUT2D eigenvalue weighted by Crippen LogP contribution is -2.71. The Morgan fingerprint density at radius 1 is 0.830 bits per heavy atom. The molecule has 7 rings (SSSR count). The van der Waals surface area contributed by atoms with Crippen LogP contribution in [0.1, 0.15) is 53.2 Å². The lowest BCUT2D eigenvalue weighted by Gasteiger charge is -2.64. The summed E-state index contributed by atoms with van der Waals surface area (Å²) in [5.74, 6) is 3.69. The average molecular weight is 643 g/mol. The summed E-state index contributed by atoms with van der Waals surface area (Å²) in [6, 6.07) is 14.4. The Bertz CT molecular complexity index is 1740. The number of nitrogens with zero attached hydrogens (tertiary/aromatic N) is 2. The second-order valence-electron chi connectivity index (χ2n) is 12.7. The van der Waals surface area contributed by atoms with Gasteiger partial charge in [-0.2, -0.15) is 0 Å². The zero-order chi connectivity index (χ0) is 33.0. The number of methoxy groups -OCH3 is 6. The fourth-order valence-corrected chi connectivity index (χ4v) is 8.52. The van der Waals surface area contributed by atoms with Crippen LogP contribution in [0, 0.1) is 0 Å². The number of hydrogen-bond acceptors (Lipinski definition) is 10. The second-order valence-corrected chi connectivity index (χ2v) is 12.7. The molecule has 0 bridgehead atoms. The van der Waals surface area contributed by atoms with Crippen molar-refractivity contribution in [1.82, 2.24) is 9.80 Å². The molecule has 4 aliphatic rings. The van der Waals surface area contributed by atoms with Gasteiger partial charge in [0.15, 0.2) is 23.0 Å². The minimum absolute atomic E-state index is 0.0660. The van der Waals surface area contributed by atoms with Gasteiger partial charge >= 0.3 is 5.97 Å². The summed E-state index contributed by atoms with van der Waals surface area (Å²) in [5.41, 5.74) is 5.52. The van der Waals surface area contributed by atoms with Gasteiger partial charge in [0.25, 0.3) is 0 Å². The van der Waals surface area contributed by atoms with Crippen LogP contribution in [0.2, 0.25) is 0 Å². The third kappa shape index (κ3) is 4.88. The van der Waals surface area contributed by atoms with Crippen molar-refractivity contribution in [3.8, 4) is 34.5 Å². The van der Waals surface area contributed by atoms with Crippen molar-refractivity contribution >= 4 is 12.0 Å². The van der Waals surface area contributed by atoms with Gasteiger partial charge in [0, 0.05) is 41.9 Å². The molecule has 0 N–H and O–H groups in total. The van der Waals surface area contributed by atoms with Crippen molar-refractivity contribution in [2.24, 2.45) is 0 Å². The molecule has 5 unspecified atom stereocenters. The third-order valence-electron chi connectivity index (χ3n) is 10.6. The van der Waals surface area contributed by atoms with Crippen LogP contribution in [0.15, 0.2) is 48.5 Å². The van der Waals surface area contributed by atoms with Crippen molar-refractivity contribution < 1.29 is 38.0 Å². The number of carbonyl (C=O) groups excluding carboxylic acids is 1. The van der Waals surface area contributed by atoms with Crippen molar-refractivity contribution in [3.05, 3.63) is 76.4 Å². The van der Waals surface area contributed by atoms with Crippen molar-refractivity contribution in [2.75, 3.05) is 55.8 Å². The highest BCUT2D eigenvalue weighted by Gasteiger charge is 2.64. The first-order valence-electron chi connectivity index (χ1n) is 15.9. The molecular formula is C37H42N2O8. The smallest absolute Gasteiger partial charge is 0.330 e. The predicted octanol–water partition coefficient (Wildman–Crippen LogP) is 5.32. The van der Waals surface area contributed by atoms with E-state index in [0.29, 0.717) is 29.0 Å². The van der Waals surface area contributed by atoms with E-state index in [1.54, 1.807) is 54.8 Å². The van der Waals surface area contributed by atoms with Crippen LogP contribution in [0.25, 0.3) is 6.08 Å². The molecule has 2 saturated heterocycles. The fraction of sp³-hybridized carbons (Fsp3) is 0.432. The SMILES string of the molecule is COc1ccc(C=CC(=O)OCC2c3cc(OC)c(OC)cc3CC3C4c5cc(OC)c(OC)cc5C5(C)CC(CN23)N45)c(OC)c1. The maximum atomic E-state index is 13.2. The topological polar surface area (TPSA) is 88.2 Å². The molecule has 5 atom stereocenters. The van der Waals surface area contributed by atoms with E-state index in [9.17, 15) is 4.79 Å². The largest absolute Gasteiger partial charge is 0.497 e. The van der Waals surface area contributed by atoms with Crippen molar-refractivity contribution in [1.29, 1.82) is 0 Å². The number of hydrogen-bond donors (Lipinski definition) is 0. The Morgan fingerprint density at radius 2 is 1.49 bits per heavy atom. The summed E-state index contributed by atoms with van der Waals surface area (Å²) in [4.78, 5) is 18.4. The highest BCUT2D eigenvalue weighted by atomic mass is 16.5. The van der Waals surface area contributed by atoms with Crippen LogP contribution < -0.4 is 28.4 Å². The van der Waals surface area contributed by atoms with Gasteiger partial charge in [0.2, 0.25) is 0 Å². The molecular weight excluding hydrogens is 600 g/mol. The van der Waals surface area contributed by atoms with Gasteiger partial charge in [-0.05, 0) is 84.5 Å². The maximum absolute atomic E-state index is 13.2.